The van der Waals surface area contributed by atoms with Crippen LogP contribution in [0.5, 0.6) is 0 Å². The number of benzene rings is 2. The third-order valence-electron chi connectivity index (χ3n) is 3.39. The molecule has 3 rings (SSSR count). The van der Waals surface area contributed by atoms with Crippen LogP contribution in [0.1, 0.15) is 15.9 Å². The fourth-order valence-corrected chi connectivity index (χ4v) is 2.34. The van der Waals surface area contributed by atoms with E-state index < -0.39 is 11.6 Å². The standard InChI is InChI=1S/C17H12O4/c1-10-8-12(16(18)19)6-7-13(10)14-9-11-4-2-3-5-15(11)21-17(14)20/h2-9H,1H3,(H,18,19)/p-1. The third kappa shape index (κ3) is 2.31. The van der Waals surface area contributed by atoms with Crippen molar-refractivity contribution in [3.05, 3.63) is 70.1 Å². The lowest BCUT2D eigenvalue weighted by atomic mass is 9.99. The summed E-state index contributed by atoms with van der Waals surface area (Å²) >= 11 is 0. The zero-order valence-electron chi connectivity index (χ0n) is 11.3. The number of carbonyl (C=O) groups excluding carboxylic acids is 1. The molecule has 0 radical (unpaired) electrons. The Bertz CT molecular complexity index is 906. The van der Waals surface area contributed by atoms with Crippen molar-refractivity contribution in [1.82, 2.24) is 0 Å². The molecule has 0 aliphatic carbocycles. The van der Waals surface area contributed by atoms with E-state index in [0.717, 1.165) is 5.39 Å². The quantitative estimate of drug-likeness (QED) is 0.674. The second-order valence-electron chi connectivity index (χ2n) is 4.80. The van der Waals surface area contributed by atoms with Crippen molar-refractivity contribution in [1.29, 1.82) is 0 Å². The fourth-order valence-electron chi connectivity index (χ4n) is 2.34. The first-order valence-electron chi connectivity index (χ1n) is 6.41. The fraction of sp³-hybridized carbons (Fsp3) is 0.0588. The number of carboxylic acids is 1. The number of rotatable bonds is 2. The van der Waals surface area contributed by atoms with E-state index in [1.165, 1.54) is 12.1 Å². The maximum absolute atomic E-state index is 12.1. The number of fused-ring (bicyclic) bond motifs is 1. The molecule has 0 atom stereocenters. The number of hydrogen-bond acceptors (Lipinski definition) is 4. The molecule has 0 aliphatic rings. The predicted molar refractivity (Wildman–Crippen MR) is 77.0 cm³/mol. The maximum Gasteiger partial charge on any atom is 0.344 e. The van der Waals surface area contributed by atoms with Gasteiger partial charge in [-0.05, 0) is 41.8 Å². The molecule has 4 nitrogen and oxygen atoms in total. The lowest BCUT2D eigenvalue weighted by Gasteiger charge is -2.09. The Morgan fingerprint density at radius 3 is 2.52 bits per heavy atom. The molecule has 0 aliphatic heterocycles. The summed E-state index contributed by atoms with van der Waals surface area (Å²) in [7, 11) is 0. The van der Waals surface area contributed by atoms with Gasteiger partial charge in [0.1, 0.15) is 5.58 Å². The Morgan fingerprint density at radius 1 is 1.05 bits per heavy atom. The first-order valence-corrected chi connectivity index (χ1v) is 6.41. The number of aromatic carboxylic acids is 1. The van der Waals surface area contributed by atoms with Gasteiger partial charge in [-0.1, -0.05) is 30.3 Å². The molecular weight excluding hydrogens is 268 g/mol. The molecule has 1 heterocycles. The Kier molecular flexibility index (Phi) is 3.06. The average molecular weight is 279 g/mol. The van der Waals surface area contributed by atoms with Crippen molar-refractivity contribution >= 4 is 16.9 Å². The van der Waals surface area contributed by atoms with Gasteiger partial charge in [-0.15, -0.1) is 0 Å². The molecule has 0 spiro atoms. The first-order chi connectivity index (χ1) is 10.1. The monoisotopic (exact) mass is 279 g/mol. The lowest BCUT2D eigenvalue weighted by Crippen LogP contribution is -2.22. The summed E-state index contributed by atoms with van der Waals surface area (Å²) < 4.78 is 5.30. The van der Waals surface area contributed by atoms with Crippen LogP contribution in [0.4, 0.5) is 0 Å². The number of carbonyl (C=O) groups is 1. The van der Waals surface area contributed by atoms with Crippen LogP contribution in [0.2, 0.25) is 0 Å². The van der Waals surface area contributed by atoms with Gasteiger partial charge < -0.3 is 14.3 Å². The van der Waals surface area contributed by atoms with Crippen LogP contribution in [0.25, 0.3) is 22.1 Å². The van der Waals surface area contributed by atoms with Crippen LogP contribution in [0.15, 0.2) is 57.7 Å². The summed E-state index contributed by atoms with van der Waals surface area (Å²) in [6.07, 6.45) is 0. The van der Waals surface area contributed by atoms with Crippen LogP contribution >= 0.6 is 0 Å². The molecule has 0 bridgehead atoms. The highest BCUT2D eigenvalue weighted by atomic mass is 16.4. The van der Waals surface area contributed by atoms with Gasteiger partial charge in [0, 0.05) is 5.39 Å². The Balaban J connectivity index is 2.23. The minimum atomic E-state index is -1.24. The highest BCUT2D eigenvalue weighted by molar-refractivity contribution is 5.88. The van der Waals surface area contributed by atoms with E-state index in [1.54, 1.807) is 31.2 Å². The topological polar surface area (TPSA) is 70.3 Å². The van der Waals surface area contributed by atoms with E-state index in [-0.39, 0.29) is 5.56 Å². The minimum absolute atomic E-state index is 0.0847. The van der Waals surface area contributed by atoms with Gasteiger partial charge in [0.25, 0.3) is 0 Å². The van der Waals surface area contributed by atoms with Crippen LogP contribution in [0, 0.1) is 6.92 Å². The smallest absolute Gasteiger partial charge is 0.344 e. The zero-order chi connectivity index (χ0) is 15.0. The molecule has 4 heteroatoms. The van der Waals surface area contributed by atoms with Crippen LogP contribution in [-0.2, 0) is 0 Å². The van der Waals surface area contributed by atoms with Crippen LogP contribution in [0.3, 0.4) is 0 Å². The van der Waals surface area contributed by atoms with E-state index in [9.17, 15) is 14.7 Å². The summed E-state index contributed by atoms with van der Waals surface area (Å²) in [4.78, 5) is 23.0. The molecule has 0 N–H and O–H groups in total. The van der Waals surface area contributed by atoms with Gasteiger partial charge in [0.2, 0.25) is 0 Å². The van der Waals surface area contributed by atoms with E-state index >= 15 is 0 Å². The van der Waals surface area contributed by atoms with E-state index in [4.69, 9.17) is 4.42 Å². The van der Waals surface area contributed by atoms with E-state index in [2.05, 4.69) is 0 Å². The van der Waals surface area contributed by atoms with Crippen molar-refractivity contribution < 1.29 is 14.3 Å². The Hall–Kier alpha value is -2.88. The van der Waals surface area contributed by atoms with E-state index in [1.807, 2.05) is 12.1 Å². The van der Waals surface area contributed by atoms with Crippen molar-refractivity contribution in [2.24, 2.45) is 0 Å². The number of hydrogen-bond donors (Lipinski definition) is 0. The molecular formula is C17H11O4-. The Morgan fingerprint density at radius 2 is 1.81 bits per heavy atom. The maximum atomic E-state index is 12.1. The number of aryl methyl sites for hydroxylation is 1. The number of carboxylic acid groups (broad SMARTS) is 1. The molecule has 0 saturated carbocycles. The van der Waals surface area contributed by atoms with Crippen molar-refractivity contribution in [3.8, 4) is 11.1 Å². The van der Waals surface area contributed by atoms with Gasteiger partial charge in [0.05, 0.1) is 11.5 Å². The van der Waals surface area contributed by atoms with E-state index in [0.29, 0.717) is 22.3 Å². The predicted octanol–water partition coefficient (Wildman–Crippen LogP) is 2.13. The molecule has 0 fully saturated rings. The Labute approximate surface area is 120 Å². The second kappa shape index (κ2) is 4.90. The third-order valence-corrected chi connectivity index (χ3v) is 3.39. The molecule has 0 unspecified atom stereocenters. The normalized spacial score (nSPS) is 10.7. The van der Waals surface area contributed by atoms with Crippen molar-refractivity contribution in [2.75, 3.05) is 0 Å². The van der Waals surface area contributed by atoms with Gasteiger partial charge >= 0.3 is 5.63 Å². The number of para-hydroxylation sites is 1. The van der Waals surface area contributed by atoms with Gasteiger partial charge in [-0.3, -0.25) is 0 Å². The molecule has 1 aromatic heterocycles. The van der Waals surface area contributed by atoms with Gasteiger partial charge in [-0.25, -0.2) is 4.79 Å². The average Bonchev–Trinajstić information content (AvgIpc) is 2.46. The SMILES string of the molecule is Cc1cc(C(=O)[O-])ccc1-c1cc2ccccc2oc1=O. The molecule has 0 saturated heterocycles. The molecule has 21 heavy (non-hydrogen) atoms. The highest BCUT2D eigenvalue weighted by Crippen LogP contribution is 2.24. The molecule has 2 aromatic carbocycles. The molecule has 3 aromatic rings. The van der Waals surface area contributed by atoms with Gasteiger partial charge in [0.15, 0.2) is 0 Å². The second-order valence-corrected chi connectivity index (χ2v) is 4.80. The summed E-state index contributed by atoms with van der Waals surface area (Å²) in [5.74, 6) is -1.24. The van der Waals surface area contributed by atoms with Crippen molar-refractivity contribution in [3.63, 3.8) is 0 Å². The lowest BCUT2D eigenvalue weighted by molar-refractivity contribution is -0.255. The van der Waals surface area contributed by atoms with Crippen LogP contribution < -0.4 is 10.7 Å². The summed E-state index contributed by atoms with van der Waals surface area (Å²) in [6, 6.07) is 13.5. The zero-order valence-corrected chi connectivity index (χ0v) is 11.3. The van der Waals surface area contributed by atoms with Gasteiger partial charge in [-0.2, -0.15) is 0 Å². The van der Waals surface area contributed by atoms with Crippen LogP contribution in [-0.4, -0.2) is 5.97 Å². The first kappa shape index (κ1) is 13.1. The molecule has 104 valence electrons. The summed E-state index contributed by atoms with van der Waals surface area (Å²) in [5, 5.41) is 11.7. The minimum Gasteiger partial charge on any atom is -0.545 e. The van der Waals surface area contributed by atoms with Crippen molar-refractivity contribution in [2.45, 2.75) is 6.92 Å². The summed E-state index contributed by atoms with van der Waals surface area (Å²) in [5.41, 5.74) is 1.91. The highest BCUT2D eigenvalue weighted by Gasteiger charge is 2.10. The largest absolute Gasteiger partial charge is 0.545 e. The molecule has 0 amide bonds. The summed E-state index contributed by atoms with van der Waals surface area (Å²) in [6.45, 7) is 1.75.